The molecule has 0 aliphatic heterocycles. The summed E-state index contributed by atoms with van der Waals surface area (Å²) in [5.41, 5.74) is 7.81. The zero-order chi connectivity index (χ0) is 16.4. The van der Waals surface area contributed by atoms with Gasteiger partial charge in [0.2, 0.25) is 0 Å². The average Bonchev–Trinajstić information content (AvgIpc) is 2.94. The van der Waals surface area contributed by atoms with Crippen molar-refractivity contribution in [3.05, 3.63) is 59.8 Å². The molecule has 0 saturated carbocycles. The topological polar surface area (TPSA) is 66.5 Å². The number of methoxy groups -OCH3 is 2. The molecule has 0 aliphatic rings. The Morgan fingerprint density at radius 3 is 2.30 bits per heavy atom. The SMILES string of the molecule is COc1cccc(OC)c1Cn1c(C(N)=O)cc2ccccc21. The van der Waals surface area contributed by atoms with Gasteiger partial charge in [0, 0.05) is 10.9 Å². The maximum absolute atomic E-state index is 11.8. The Kier molecular flexibility index (Phi) is 3.93. The second-order valence-electron chi connectivity index (χ2n) is 5.18. The number of primary amides is 1. The Morgan fingerprint density at radius 1 is 1.04 bits per heavy atom. The van der Waals surface area contributed by atoms with Crippen LogP contribution in [0.1, 0.15) is 16.1 Å². The molecule has 3 rings (SSSR count). The minimum Gasteiger partial charge on any atom is -0.496 e. The first kappa shape index (κ1) is 15.0. The predicted octanol–water partition coefficient (Wildman–Crippen LogP) is 2.81. The quantitative estimate of drug-likeness (QED) is 0.788. The Bertz CT molecular complexity index is 846. The van der Waals surface area contributed by atoms with Crippen molar-refractivity contribution < 1.29 is 14.3 Å². The highest BCUT2D eigenvalue weighted by Crippen LogP contribution is 2.31. The van der Waals surface area contributed by atoms with Gasteiger partial charge in [-0.1, -0.05) is 24.3 Å². The van der Waals surface area contributed by atoms with E-state index in [1.807, 2.05) is 47.0 Å². The van der Waals surface area contributed by atoms with Gasteiger partial charge in [-0.05, 0) is 24.3 Å². The monoisotopic (exact) mass is 310 g/mol. The number of ether oxygens (including phenoxy) is 2. The van der Waals surface area contributed by atoms with Gasteiger partial charge in [-0.3, -0.25) is 4.79 Å². The number of amides is 1. The summed E-state index contributed by atoms with van der Waals surface area (Å²) in [6, 6.07) is 15.2. The lowest BCUT2D eigenvalue weighted by molar-refractivity contribution is 0.0992. The second kappa shape index (κ2) is 6.04. The van der Waals surface area contributed by atoms with Crippen LogP contribution in [0.2, 0.25) is 0 Å². The number of carbonyl (C=O) groups is 1. The molecule has 0 unspecified atom stereocenters. The molecule has 5 nitrogen and oxygen atoms in total. The fourth-order valence-electron chi connectivity index (χ4n) is 2.83. The van der Waals surface area contributed by atoms with Crippen molar-refractivity contribution in [2.45, 2.75) is 6.54 Å². The first-order chi connectivity index (χ1) is 11.2. The van der Waals surface area contributed by atoms with Gasteiger partial charge in [-0.2, -0.15) is 0 Å². The summed E-state index contributed by atoms with van der Waals surface area (Å²) in [7, 11) is 3.22. The molecule has 3 aromatic rings. The van der Waals surface area contributed by atoms with Crippen molar-refractivity contribution in [2.24, 2.45) is 5.73 Å². The molecule has 2 N–H and O–H groups in total. The molecule has 1 heterocycles. The van der Waals surface area contributed by atoms with Gasteiger partial charge in [-0.25, -0.2) is 0 Å². The molecule has 118 valence electrons. The molecule has 0 atom stereocenters. The van der Waals surface area contributed by atoms with E-state index in [-0.39, 0.29) is 0 Å². The Hall–Kier alpha value is -2.95. The maximum Gasteiger partial charge on any atom is 0.265 e. The number of nitrogens with zero attached hydrogens (tertiary/aromatic N) is 1. The second-order valence-corrected chi connectivity index (χ2v) is 5.18. The predicted molar refractivity (Wildman–Crippen MR) is 89.1 cm³/mol. The molecule has 0 radical (unpaired) electrons. The first-order valence-corrected chi connectivity index (χ1v) is 7.23. The first-order valence-electron chi connectivity index (χ1n) is 7.23. The van der Waals surface area contributed by atoms with Crippen molar-refractivity contribution in [1.29, 1.82) is 0 Å². The number of carbonyl (C=O) groups excluding carboxylic acids is 1. The Morgan fingerprint density at radius 2 is 1.70 bits per heavy atom. The number of nitrogens with two attached hydrogens (primary N) is 1. The lowest BCUT2D eigenvalue weighted by Gasteiger charge is -2.15. The third kappa shape index (κ3) is 2.61. The van der Waals surface area contributed by atoms with E-state index in [9.17, 15) is 4.79 Å². The Labute approximate surface area is 134 Å². The fraction of sp³-hybridized carbons (Fsp3) is 0.167. The zero-order valence-electron chi connectivity index (χ0n) is 13.1. The van der Waals surface area contributed by atoms with E-state index in [4.69, 9.17) is 15.2 Å². The summed E-state index contributed by atoms with van der Waals surface area (Å²) in [6.45, 7) is 0.430. The summed E-state index contributed by atoms with van der Waals surface area (Å²) in [4.78, 5) is 11.8. The smallest absolute Gasteiger partial charge is 0.265 e. The molecule has 2 aromatic carbocycles. The molecule has 23 heavy (non-hydrogen) atoms. The van der Waals surface area contributed by atoms with Crippen molar-refractivity contribution in [3.63, 3.8) is 0 Å². The van der Waals surface area contributed by atoms with Gasteiger partial charge in [-0.15, -0.1) is 0 Å². The molecule has 0 spiro atoms. The minimum atomic E-state index is -0.463. The highest BCUT2D eigenvalue weighted by molar-refractivity contribution is 5.97. The molecule has 0 fully saturated rings. The van der Waals surface area contributed by atoms with Crippen molar-refractivity contribution in [3.8, 4) is 11.5 Å². The van der Waals surface area contributed by atoms with Crippen LogP contribution in [0.5, 0.6) is 11.5 Å². The van der Waals surface area contributed by atoms with Crippen LogP contribution in [0.25, 0.3) is 10.9 Å². The normalized spacial score (nSPS) is 10.7. The number of aromatic nitrogens is 1. The van der Waals surface area contributed by atoms with Crippen molar-refractivity contribution in [2.75, 3.05) is 14.2 Å². The summed E-state index contributed by atoms with van der Waals surface area (Å²) < 4.78 is 12.8. The molecular formula is C18H18N2O3. The number of fused-ring (bicyclic) bond motifs is 1. The maximum atomic E-state index is 11.8. The summed E-state index contributed by atoms with van der Waals surface area (Å²) in [6.07, 6.45) is 0. The number of benzene rings is 2. The van der Waals surface area contributed by atoms with E-state index in [0.29, 0.717) is 23.7 Å². The van der Waals surface area contributed by atoms with Crippen LogP contribution in [-0.2, 0) is 6.54 Å². The van der Waals surface area contributed by atoms with Crippen molar-refractivity contribution in [1.82, 2.24) is 4.57 Å². The third-order valence-corrected chi connectivity index (χ3v) is 3.91. The van der Waals surface area contributed by atoms with Crippen LogP contribution < -0.4 is 15.2 Å². The fourth-order valence-corrected chi connectivity index (χ4v) is 2.83. The van der Waals surface area contributed by atoms with E-state index in [2.05, 4.69) is 0 Å². The van der Waals surface area contributed by atoms with Gasteiger partial charge < -0.3 is 19.8 Å². The standard InChI is InChI=1S/C18H18N2O3/c1-22-16-8-5-9-17(23-2)13(16)11-20-14-7-4-3-6-12(14)10-15(20)18(19)21/h3-10H,11H2,1-2H3,(H2,19,21). The van der Waals surface area contributed by atoms with Crippen molar-refractivity contribution >= 4 is 16.8 Å². The summed E-state index contributed by atoms with van der Waals surface area (Å²) in [5.74, 6) is 0.949. The molecule has 0 saturated heterocycles. The van der Waals surface area contributed by atoms with Gasteiger partial charge in [0.1, 0.15) is 17.2 Å². The lowest BCUT2D eigenvalue weighted by atomic mass is 10.1. The average molecular weight is 310 g/mol. The molecule has 0 aliphatic carbocycles. The summed E-state index contributed by atoms with van der Waals surface area (Å²) >= 11 is 0. The zero-order valence-corrected chi connectivity index (χ0v) is 13.1. The number of para-hydroxylation sites is 1. The van der Waals surface area contributed by atoms with Gasteiger partial charge >= 0.3 is 0 Å². The van der Waals surface area contributed by atoms with E-state index in [1.54, 1.807) is 20.3 Å². The van der Waals surface area contributed by atoms with Crippen LogP contribution in [0.15, 0.2) is 48.5 Å². The summed E-state index contributed by atoms with van der Waals surface area (Å²) in [5, 5.41) is 0.968. The van der Waals surface area contributed by atoms with E-state index in [1.165, 1.54) is 0 Å². The van der Waals surface area contributed by atoms with E-state index < -0.39 is 5.91 Å². The van der Waals surface area contributed by atoms with Crippen LogP contribution in [0.3, 0.4) is 0 Å². The van der Waals surface area contributed by atoms with Crippen LogP contribution in [-0.4, -0.2) is 24.7 Å². The number of hydrogen-bond acceptors (Lipinski definition) is 3. The van der Waals surface area contributed by atoms with Crippen LogP contribution >= 0.6 is 0 Å². The third-order valence-electron chi connectivity index (χ3n) is 3.91. The van der Waals surface area contributed by atoms with Crippen LogP contribution in [0, 0.1) is 0 Å². The highest BCUT2D eigenvalue weighted by atomic mass is 16.5. The molecule has 1 amide bonds. The molecule has 0 bridgehead atoms. The molecule has 1 aromatic heterocycles. The number of hydrogen-bond donors (Lipinski definition) is 1. The van der Waals surface area contributed by atoms with E-state index in [0.717, 1.165) is 16.5 Å². The molecule has 5 heteroatoms. The molecular weight excluding hydrogens is 292 g/mol. The Balaban J connectivity index is 2.19. The number of rotatable bonds is 5. The van der Waals surface area contributed by atoms with Gasteiger partial charge in [0.15, 0.2) is 0 Å². The van der Waals surface area contributed by atoms with Gasteiger partial charge in [0.05, 0.1) is 26.3 Å². The van der Waals surface area contributed by atoms with Crippen LogP contribution in [0.4, 0.5) is 0 Å². The minimum absolute atomic E-state index is 0.430. The highest BCUT2D eigenvalue weighted by Gasteiger charge is 2.17. The largest absolute Gasteiger partial charge is 0.496 e. The van der Waals surface area contributed by atoms with E-state index >= 15 is 0 Å². The lowest BCUT2D eigenvalue weighted by Crippen LogP contribution is -2.17. The van der Waals surface area contributed by atoms with Gasteiger partial charge in [0.25, 0.3) is 5.91 Å².